The van der Waals surface area contributed by atoms with Crippen molar-refractivity contribution in [2.24, 2.45) is 0 Å². The Morgan fingerprint density at radius 2 is 2.25 bits per heavy atom. The molecule has 16 heavy (non-hydrogen) atoms. The monoisotopic (exact) mass is 220 g/mol. The van der Waals surface area contributed by atoms with Crippen molar-refractivity contribution in [3.05, 3.63) is 39.4 Å². The van der Waals surface area contributed by atoms with E-state index in [4.69, 9.17) is 0 Å². The molecule has 83 valence electrons. The largest absolute Gasteiger partial charge is 0.465 e. The Kier molecular flexibility index (Phi) is 4.05. The van der Waals surface area contributed by atoms with Gasteiger partial charge in [-0.2, -0.15) is 0 Å². The van der Waals surface area contributed by atoms with Gasteiger partial charge in [-0.05, 0) is 11.6 Å². The maximum absolute atomic E-state index is 11.3. The zero-order valence-corrected chi connectivity index (χ0v) is 9.10. The van der Waals surface area contributed by atoms with Gasteiger partial charge in [-0.25, -0.2) is 4.79 Å². The Morgan fingerprint density at radius 3 is 2.75 bits per heavy atom. The summed E-state index contributed by atoms with van der Waals surface area (Å²) < 4.78 is 4.48. The second-order valence-electron chi connectivity index (χ2n) is 3.21. The van der Waals surface area contributed by atoms with E-state index >= 15 is 0 Å². The van der Waals surface area contributed by atoms with Gasteiger partial charge >= 0.3 is 5.97 Å². The Morgan fingerprint density at radius 1 is 1.56 bits per heavy atom. The number of nitro benzene ring substituents is 1. The summed E-state index contributed by atoms with van der Waals surface area (Å²) in [6.07, 6.45) is 0.627. The maximum Gasteiger partial charge on any atom is 0.344 e. The number of hydrogen-bond donors (Lipinski definition) is 0. The maximum atomic E-state index is 11.3. The Bertz CT molecular complexity index is 419. The molecule has 0 unspecified atom stereocenters. The average Bonchev–Trinajstić information content (AvgIpc) is 2.28. The third-order valence-electron chi connectivity index (χ3n) is 2.10. The first-order chi connectivity index (χ1) is 7.60. The first-order valence-electron chi connectivity index (χ1n) is 4.73. The normalized spacial score (nSPS) is 9.62. The number of esters is 1. The lowest BCUT2D eigenvalue weighted by atomic mass is 9.75. The van der Waals surface area contributed by atoms with Gasteiger partial charge in [0.25, 0.3) is 5.69 Å². The zero-order chi connectivity index (χ0) is 12.1. The smallest absolute Gasteiger partial charge is 0.344 e. The van der Waals surface area contributed by atoms with Crippen molar-refractivity contribution in [3.63, 3.8) is 0 Å². The molecule has 0 atom stereocenters. The van der Waals surface area contributed by atoms with Gasteiger partial charge in [0.15, 0.2) is 0 Å². The van der Waals surface area contributed by atoms with Crippen molar-refractivity contribution in [1.29, 1.82) is 0 Å². The van der Waals surface area contributed by atoms with Crippen LogP contribution < -0.4 is 0 Å². The van der Waals surface area contributed by atoms with Crippen LogP contribution in [0.3, 0.4) is 0 Å². The SMILES string of the molecule is C[B]Cc1ccc(C(=O)OC)c([N+](=O)[O-])c1. The summed E-state index contributed by atoms with van der Waals surface area (Å²) in [7, 11) is 3.08. The second-order valence-corrected chi connectivity index (χ2v) is 3.21. The summed E-state index contributed by atoms with van der Waals surface area (Å²) in [5, 5.41) is 10.8. The van der Waals surface area contributed by atoms with Gasteiger partial charge < -0.3 is 4.74 Å². The van der Waals surface area contributed by atoms with E-state index < -0.39 is 10.9 Å². The molecule has 0 amide bonds. The molecule has 1 radical (unpaired) electrons. The minimum atomic E-state index is -0.696. The predicted octanol–water partition coefficient (Wildman–Crippen LogP) is 1.63. The van der Waals surface area contributed by atoms with Crippen molar-refractivity contribution in [2.45, 2.75) is 13.1 Å². The lowest BCUT2D eigenvalue weighted by Gasteiger charge is -2.03. The summed E-state index contributed by atoms with van der Waals surface area (Å²) in [4.78, 5) is 21.5. The van der Waals surface area contributed by atoms with Gasteiger partial charge in [0.2, 0.25) is 0 Å². The zero-order valence-electron chi connectivity index (χ0n) is 9.10. The number of nitro groups is 1. The number of rotatable bonds is 4. The fraction of sp³-hybridized carbons (Fsp3) is 0.300. The van der Waals surface area contributed by atoms with Crippen LogP contribution in [0.1, 0.15) is 15.9 Å². The molecule has 1 rings (SSSR count). The number of benzene rings is 1. The molecule has 0 aromatic heterocycles. The highest BCUT2D eigenvalue weighted by Crippen LogP contribution is 2.21. The first-order valence-corrected chi connectivity index (χ1v) is 4.73. The van der Waals surface area contributed by atoms with E-state index in [2.05, 4.69) is 4.74 Å². The van der Waals surface area contributed by atoms with Crippen LogP contribution in [0.4, 0.5) is 5.69 Å². The molecule has 0 saturated heterocycles. The summed E-state index contributed by atoms with van der Waals surface area (Å²) in [5.74, 6) is -0.696. The standard InChI is InChI=1S/C10H11BNO4/c1-11-6-7-3-4-8(10(13)16-2)9(5-7)12(14)15/h3-5H,6H2,1-2H3. The van der Waals surface area contributed by atoms with E-state index in [1.807, 2.05) is 14.1 Å². The summed E-state index contributed by atoms with van der Waals surface area (Å²) in [6, 6.07) is 4.49. The molecule has 1 aromatic carbocycles. The lowest BCUT2D eigenvalue weighted by Crippen LogP contribution is -2.06. The van der Waals surface area contributed by atoms with Gasteiger partial charge in [0.05, 0.1) is 12.0 Å². The number of methoxy groups -OCH3 is 1. The van der Waals surface area contributed by atoms with Crippen LogP contribution in [0.2, 0.25) is 6.82 Å². The first kappa shape index (κ1) is 12.2. The molecular formula is C10H11BNO4. The average molecular weight is 220 g/mol. The molecule has 5 nitrogen and oxygen atoms in total. The molecule has 0 fully saturated rings. The van der Waals surface area contributed by atoms with E-state index in [9.17, 15) is 14.9 Å². The molecule has 0 bridgehead atoms. The van der Waals surface area contributed by atoms with Crippen LogP contribution in [0, 0.1) is 10.1 Å². The predicted molar refractivity (Wildman–Crippen MR) is 59.8 cm³/mol. The highest BCUT2D eigenvalue weighted by Gasteiger charge is 2.20. The van der Waals surface area contributed by atoms with Crippen LogP contribution in [-0.2, 0) is 11.1 Å². The van der Waals surface area contributed by atoms with Gasteiger partial charge in [0, 0.05) is 6.07 Å². The van der Waals surface area contributed by atoms with Crippen LogP contribution in [0.25, 0.3) is 0 Å². The number of carbonyl (C=O) groups is 1. The fourth-order valence-electron chi connectivity index (χ4n) is 1.37. The number of carbonyl (C=O) groups excluding carboxylic acids is 1. The van der Waals surface area contributed by atoms with Gasteiger partial charge in [-0.3, -0.25) is 10.1 Å². The topological polar surface area (TPSA) is 69.4 Å². The van der Waals surface area contributed by atoms with Gasteiger partial charge in [0.1, 0.15) is 12.8 Å². The van der Waals surface area contributed by atoms with Crippen molar-refractivity contribution in [2.75, 3.05) is 7.11 Å². The lowest BCUT2D eigenvalue weighted by molar-refractivity contribution is -0.385. The summed E-state index contributed by atoms with van der Waals surface area (Å²) in [5.41, 5.74) is 0.556. The van der Waals surface area contributed by atoms with Crippen molar-refractivity contribution in [1.82, 2.24) is 0 Å². The van der Waals surface area contributed by atoms with Crippen LogP contribution in [-0.4, -0.2) is 25.3 Å². The number of ether oxygens (including phenoxy) is 1. The third-order valence-corrected chi connectivity index (χ3v) is 2.10. The molecular weight excluding hydrogens is 209 g/mol. The van der Waals surface area contributed by atoms with Crippen LogP contribution >= 0.6 is 0 Å². The molecule has 0 saturated carbocycles. The number of hydrogen-bond acceptors (Lipinski definition) is 4. The Balaban J connectivity index is 3.19. The highest BCUT2D eigenvalue weighted by atomic mass is 16.6. The molecule has 1 aromatic rings. The highest BCUT2D eigenvalue weighted by molar-refractivity contribution is 6.32. The minimum absolute atomic E-state index is 0.0210. The van der Waals surface area contributed by atoms with E-state index in [0.717, 1.165) is 5.56 Å². The number of nitrogens with zero attached hydrogens (tertiary/aromatic N) is 1. The third kappa shape index (κ3) is 2.59. The molecule has 0 aliphatic heterocycles. The van der Waals surface area contributed by atoms with E-state index in [0.29, 0.717) is 6.32 Å². The molecule has 0 aliphatic carbocycles. The molecule has 0 aliphatic rings. The molecule has 6 heteroatoms. The van der Waals surface area contributed by atoms with Crippen molar-refractivity contribution >= 4 is 18.9 Å². The molecule has 0 spiro atoms. The minimum Gasteiger partial charge on any atom is -0.465 e. The molecule has 0 heterocycles. The van der Waals surface area contributed by atoms with E-state index in [1.54, 1.807) is 6.07 Å². The Labute approximate surface area is 93.8 Å². The van der Waals surface area contributed by atoms with E-state index in [-0.39, 0.29) is 11.3 Å². The summed E-state index contributed by atoms with van der Waals surface area (Å²) >= 11 is 0. The summed E-state index contributed by atoms with van der Waals surface area (Å²) in [6.45, 7) is 1.86. The fourth-order valence-corrected chi connectivity index (χ4v) is 1.37. The van der Waals surface area contributed by atoms with Crippen LogP contribution in [0.15, 0.2) is 18.2 Å². The molecule has 0 N–H and O–H groups in total. The van der Waals surface area contributed by atoms with Crippen molar-refractivity contribution < 1.29 is 14.5 Å². The quantitative estimate of drug-likeness (QED) is 0.334. The van der Waals surface area contributed by atoms with Gasteiger partial charge in [-0.1, -0.05) is 19.2 Å². The van der Waals surface area contributed by atoms with Crippen molar-refractivity contribution in [3.8, 4) is 0 Å². The Hall–Kier alpha value is -1.85. The van der Waals surface area contributed by atoms with Crippen LogP contribution in [0.5, 0.6) is 0 Å². The van der Waals surface area contributed by atoms with Gasteiger partial charge in [-0.15, -0.1) is 0 Å². The second kappa shape index (κ2) is 5.30. The van der Waals surface area contributed by atoms with E-state index in [1.165, 1.54) is 19.2 Å².